The molecule has 1 aromatic heterocycles. The van der Waals surface area contributed by atoms with Crippen LogP contribution in [0.5, 0.6) is 0 Å². The first-order valence-electron chi connectivity index (χ1n) is 9.83. The Morgan fingerprint density at radius 3 is 2.58 bits per heavy atom. The van der Waals surface area contributed by atoms with E-state index in [1.807, 2.05) is 30.5 Å². The Kier molecular flexibility index (Phi) is 6.26. The largest absolute Gasteiger partial charge is 0.339 e. The van der Waals surface area contributed by atoms with Gasteiger partial charge in [-0.2, -0.15) is 4.68 Å². The number of likely N-dealkylation sites (tertiary alicyclic amines) is 1. The summed E-state index contributed by atoms with van der Waals surface area (Å²) >= 11 is 1.43. The minimum absolute atomic E-state index is 0.0761. The summed E-state index contributed by atoms with van der Waals surface area (Å²) in [6.45, 7) is 0.964. The van der Waals surface area contributed by atoms with Crippen LogP contribution in [0.3, 0.4) is 0 Å². The zero-order chi connectivity index (χ0) is 21.8. The summed E-state index contributed by atoms with van der Waals surface area (Å²) in [4.78, 5) is 27.0. The van der Waals surface area contributed by atoms with Gasteiger partial charge in [0.25, 0.3) is 5.91 Å². The number of piperidine rings is 1. The summed E-state index contributed by atoms with van der Waals surface area (Å²) in [5.74, 6) is -0.776. The minimum Gasteiger partial charge on any atom is -0.339 e. The number of nitrogens with one attached hydrogen (secondary N) is 1. The molecule has 0 unspecified atom stereocenters. The van der Waals surface area contributed by atoms with Gasteiger partial charge in [0.15, 0.2) is 0 Å². The normalized spacial score (nSPS) is 14.5. The van der Waals surface area contributed by atoms with Crippen LogP contribution in [-0.2, 0) is 4.79 Å². The third-order valence-electron chi connectivity index (χ3n) is 5.23. The fraction of sp³-hybridized carbons (Fsp3) is 0.286. The maximum absolute atomic E-state index is 13.1. The molecule has 2 heterocycles. The molecule has 2 amide bonds. The van der Waals surface area contributed by atoms with Crippen LogP contribution in [0.4, 0.5) is 10.1 Å². The van der Waals surface area contributed by atoms with Crippen molar-refractivity contribution in [3.63, 3.8) is 0 Å². The first-order chi connectivity index (χ1) is 15.0. The van der Waals surface area contributed by atoms with Crippen molar-refractivity contribution >= 4 is 29.3 Å². The van der Waals surface area contributed by atoms with Crippen LogP contribution < -0.4 is 5.32 Å². The summed E-state index contributed by atoms with van der Waals surface area (Å²) in [5, 5.41) is 15.2. The van der Waals surface area contributed by atoms with E-state index in [4.69, 9.17) is 0 Å². The number of aromatic nitrogens is 4. The molecule has 4 rings (SSSR count). The zero-order valence-electron chi connectivity index (χ0n) is 16.9. The number of benzene rings is 2. The second-order valence-electron chi connectivity index (χ2n) is 7.19. The number of hydrogen-bond donors (Lipinski definition) is 1. The quantitative estimate of drug-likeness (QED) is 0.613. The van der Waals surface area contributed by atoms with Gasteiger partial charge in [-0.25, -0.2) is 4.39 Å². The first-order valence-corrected chi connectivity index (χ1v) is 11.1. The average Bonchev–Trinajstić information content (AvgIpc) is 3.28. The fourth-order valence-corrected chi connectivity index (χ4v) is 3.98. The van der Waals surface area contributed by atoms with Crippen LogP contribution in [0.15, 0.2) is 53.7 Å². The summed E-state index contributed by atoms with van der Waals surface area (Å²) in [6.07, 6.45) is 3.03. The Labute approximate surface area is 182 Å². The maximum atomic E-state index is 13.1. The number of hydrogen-bond acceptors (Lipinski definition) is 6. The first kappa shape index (κ1) is 21.0. The number of halogens is 1. The summed E-state index contributed by atoms with van der Waals surface area (Å²) in [5.41, 5.74) is 1.87. The molecule has 0 radical (unpaired) electrons. The average molecular weight is 441 g/mol. The molecule has 1 N–H and O–H groups in total. The molecule has 1 fully saturated rings. The Balaban J connectivity index is 1.36. The van der Waals surface area contributed by atoms with Crippen molar-refractivity contribution in [3.8, 4) is 5.69 Å². The molecule has 0 aliphatic carbocycles. The van der Waals surface area contributed by atoms with Gasteiger partial charge in [0.05, 0.1) is 5.69 Å². The van der Waals surface area contributed by atoms with Gasteiger partial charge in [-0.05, 0) is 72.0 Å². The number of amides is 2. The molecule has 160 valence electrons. The van der Waals surface area contributed by atoms with Gasteiger partial charge in [-0.1, -0.05) is 17.8 Å². The van der Waals surface area contributed by atoms with Crippen molar-refractivity contribution < 1.29 is 14.0 Å². The van der Waals surface area contributed by atoms with Gasteiger partial charge in [0.1, 0.15) is 5.82 Å². The molecule has 1 aliphatic rings. The third-order valence-corrected chi connectivity index (χ3v) is 5.85. The Morgan fingerprint density at radius 2 is 1.87 bits per heavy atom. The van der Waals surface area contributed by atoms with Crippen LogP contribution in [0, 0.1) is 11.7 Å². The second kappa shape index (κ2) is 9.25. The van der Waals surface area contributed by atoms with Crippen molar-refractivity contribution in [2.75, 3.05) is 24.7 Å². The van der Waals surface area contributed by atoms with Crippen molar-refractivity contribution in [1.82, 2.24) is 25.1 Å². The lowest BCUT2D eigenvalue weighted by Crippen LogP contribution is -2.41. The molecule has 31 heavy (non-hydrogen) atoms. The predicted molar refractivity (Wildman–Crippen MR) is 115 cm³/mol. The Bertz CT molecular complexity index is 1080. The summed E-state index contributed by atoms with van der Waals surface area (Å²) in [7, 11) is 0. The predicted octanol–water partition coefficient (Wildman–Crippen LogP) is 3.01. The van der Waals surface area contributed by atoms with Crippen LogP contribution in [0.1, 0.15) is 23.2 Å². The number of carbonyl (C=O) groups is 2. The van der Waals surface area contributed by atoms with Crippen LogP contribution in [0.25, 0.3) is 5.69 Å². The van der Waals surface area contributed by atoms with Gasteiger partial charge in [-0.3, -0.25) is 9.59 Å². The second-order valence-corrected chi connectivity index (χ2v) is 7.96. The Morgan fingerprint density at radius 1 is 1.13 bits per heavy atom. The SMILES string of the molecule is CSc1nnnn1-c1cccc(NC(=O)C2CCN(C(=O)c3ccc(F)cc3)CC2)c1. The lowest BCUT2D eigenvalue weighted by atomic mass is 9.95. The molecule has 0 bridgehead atoms. The lowest BCUT2D eigenvalue weighted by molar-refractivity contribution is -0.121. The molecule has 0 spiro atoms. The highest BCUT2D eigenvalue weighted by Crippen LogP contribution is 2.23. The Hall–Kier alpha value is -3.27. The minimum atomic E-state index is -0.374. The molecule has 10 heteroatoms. The molecule has 8 nitrogen and oxygen atoms in total. The molecular weight excluding hydrogens is 419 g/mol. The standard InChI is InChI=1S/C21H21FN6O2S/c1-31-21-24-25-26-28(21)18-4-2-3-17(13-18)23-19(29)14-9-11-27(12-10-14)20(30)15-5-7-16(22)8-6-15/h2-8,13-14H,9-12H2,1H3,(H,23,29). The van der Waals surface area contributed by atoms with Crippen molar-refractivity contribution in [1.29, 1.82) is 0 Å². The van der Waals surface area contributed by atoms with Crippen molar-refractivity contribution in [2.24, 2.45) is 5.92 Å². The van der Waals surface area contributed by atoms with Gasteiger partial charge in [-0.15, -0.1) is 5.10 Å². The highest BCUT2D eigenvalue weighted by Gasteiger charge is 2.28. The van der Waals surface area contributed by atoms with Crippen molar-refractivity contribution in [2.45, 2.75) is 18.0 Å². The molecular formula is C21H21FN6O2S. The van der Waals surface area contributed by atoms with Gasteiger partial charge in [0.2, 0.25) is 11.1 Å². The third kappa shape index (κ3) is 4.74. The molecule has 3 aromatic rings. The molecule has 1 saturated heterocycles. The summed E-state index contributed by atoms with van der Waals surface area (Å²) in [6, 6.07) is 12.9. The van der Waals surface area contributed by atoms with E-state index in [0.29, 0.717) is 42.3 Å². The molecule has 0 saturated carbocycles. The topological polar surface area (TPSA) is 93.0 Å². The van der Waals surface area contributed by atoms with Gasteiger partial charge >= 0.3 is 0 Å². The number of thioether (sulfide) groups is 1. The van der Waals surface area contributed by atoms with Gasteiger partial charge in [0, 0.05) is 30.3 Å². The van der Waals surface area contributed by atoms with Crippen LogP contribution >= 0.6 is 11.8 Å². The smallest absolute Gasteiger partial charge is 0.253 e. The van der Waals surface area contributed by atoms with Gasteiger partial charge < -0.3 is 10.2 Å². The van der Waals surface area contributed by atoms with E-state index < -0.39 is 0 Å². The number of tetrazole rings is 1. The van der Waals surface area contributed by atoms with E-state index in [0.717, 1.165) is 5.69 Å². The number of carbonyl (C=O) groups excluding carboxylic acids is 2. The molecule has 2 aromatic carbocycles. The van der Waals surface area contributed by atoms with E-state index in [-0.39, 0.29) is 23.5 Å². The van der Waals surface area contributed by atoms with Crippen LogP contribution in [-0.4, -0.2) is 56.3 Å². The lowest BCUT2D eigenvalue weighted by Gasteiger charge is -2.31. The van der Waals surface area contributed by atoms with E-state index >= 15 is 0 Å². The number of rotatable bonds is 5. The van der Waals surface area contributed by atoms with E-state index in [1.54, 1.807) is 9.58 Å². The van der Waals surface area contributed by atoms with E-state index in [1.165, 1.54) is 36.0 Å². The highest BCUT2D eigenvalue weighted by atomic mass is 32.2. The van der Waals surface area contributed by atoms with E-state index in [2.05, 4.69) is 20.8 Å². The van der Waals surface area contributed by atoms with E-state index in [9.17, 15) is 14.0 Å². The number of nitrogens with zero attached hydrogens (tertiary/aromatic N) is 5. The monoisotopic (exact) mass is 440 g/mol. The number of anilines is 1. The maximum Gasteiger partial charge on any atom is 0.253 e. The highest BCUT2D eigenvalue weighted by molar-refractivity contribution is 7.98. The van der Waals surface area contributed by atoms with Crippen LogP contribution in [0.2, 0.25) is 0 Å². The zero-order valence-corrected chi connectivity index (χ0v) is 17.7. The summed E-state index contributed by atoms with van der Waals surface area (Å²) < 4.78 is 14.7. The van der Waals surface area contributed by atoms with Crippen molar-refractivity contribution in [3.05, 3.63) is 59.9 Å². The molecule has 0 atom stereocenters. The fourth-order valence-electron chi connectivity index (χ4n) is 3.55. The molecule has 1 aliphatic heterocycles.